The maximum atomic E-state index is 12.8. The predicted molar refractivity (Wildman–Crippen MR) is 85.6 cm³/mol. The number of halogens is 3. The highest BCUT2D eigenvalue weighted by atomic mass is 19.4. The fourth-order valence-electron chi connectivity index (χ4n) is 2.63. The molecule has 1 aromatic rings. The third kappa shape index (κ3) is 4.80. The van der Waals surface area contributed by atoms with Gasteiger partial charge in [0.2, 0.25) is 0 Å². The summed E-state index contributed by atoms with van der Waals surface area (Å²) >= 11 is 0. The topological polar surface area (TPSA) is 56.7 Å². The number of nitrogens with one attached hydrogen (secondary N) is 1. The summed E-state index contributed by atoms with van der Waals surface area (Å²) in [6.07, 6.45) is -2.49. The number of nitrogens with zero attached hydrogens (tertiary/aromatic N) is 5. The third-order valence-corrected chi connectivity index (χ3v) is 4.11. The number of hydrogen-bond donors (Lipinski definition) is 1. The monoisotopic (exact) mass is 344 g/mol. The van der Waals surface area contributed by atoms with Crippen LogP contribution in [0.1, 0.15) is 18.4 Å². The second kappa shape index (κ2) is 7.78. The van der Waals surface area contributed by atoms with Gasteiger partial charge in [0.1, 0.15) is 11.9 Å². The molecule has 0 aliphatic carbocycles. The number of rotatable bonds is 3. The van der Waals surface area contributed by atoms with Gasteiger partial charge in [-0.3, -0.25) is 9.89 Å². The van der Waals surface area contributed by atoms with Crippen molar-refractivity contribution in [3.05, 3.63) is 23.8 Å². The molecule has 24 heavy (non-hydrogen) atoms. The van der Waals surface area contributed by atoms with Gasteiger partial charge in [0.15, 0.2) is 5.96 Å². The molecule has 0 radical (unpaired) electrons. The molecular weight excluding hydrogens is 321 g/mol. The van der Waals surface area contributed by atoms with E-state index in [1.165, 1.54) is 11.8 Å². The smallest absolute Gasteiger partial charge is 0.351 e. The van der Waals surface area contributed by atoms with E-state index in [4.69, 9.17) is 0 Å². The molecule has 1 N–H and O–H groups in total. The van der Waals surface area contributed by atoms with Gasteiger partial charge in [0, 0.05) is 39.4 Å². The molecule has 1 saturated heterocycles. The molecule has 0 aromatic carbocycles. The molecule has 2 rings (SSSR count). The molecule has 1 fully saturated rings. The van der Waals surface area contributed by atoms with Crippen LogP contribution in [0.25, 0.3) is 0 Å². The zero-order valence-corrected chi connectivity index (χ0v) is 14.1. The molecule has 6 nitrogen and oxygen atoms in total. The van der Waals surface area contributed by atoms with E-state index in [0.717, 1.165) is 5.69 Å². The average molecular weight is 344 g/mol. The quantitative estimate of drug-likeness (QED) is 0.664. The third-order valence-electron chi connectivity index (χ3n) is 4.11. The number of aryl methyl sites for hydroxylation is 1. The molecular formula is C15H23F3N6. The highest BCUT2D eigenvalue weighted by Crippen LogP contribution is 2.25. The summed E-state index contributed by atoms with van der Waals surface area (Å²) in [6, 6.07) is 0.398. The lowest BCUT2D eigenvalue weighted by Gasteiger charge is -2.39. The Morgan fingerprint density at radius 1 is 1.33 bits per heavy atom. The van der Waals surface area contributed by atoms with Gasteiger partial charge in [-0.2, -0.15) is 13.2 Å². The number of aromatic nitrogens is 2. The predicted octanol–water partition coefficient (Wildman–Crippen LogP) is 1.43. The van der Waals surface area contributed by atoms with E-state index in [-0.39, 0.29) is 0 Å². The van der Waals surface area contributed by atoms with E-state index in [0.29, 0.717) is 44.5 Å². The van der Waals surface area contributed by atoms with Crippen molar-refractivity contribution in [2.24, 2.45) is 4.99 Å². The van der Waals surface area contributed by atoms with Gasteiger partial charge in [0.25, 0.3) is 0 Å². The summed E-state index contributed by atoms with van der Waals surface area (Å²) in [5.74, 6) is 1.37. The first-order chi connectivity index (χ1) is 11.3. The first kappa shape index (κ1) is 18.4. The zero-order chi connectivity index (χ0) is 17.7. The Bertz CT molecular complexity index is 567. The Kier molecular flexibility index (Phi) is 5.98. The molecule has 1 atom stereocenters. The lowest BCUT2D eigenvalue weighted by atomic mass is 10.2. The summed E-state index contributed by atoms with van der Waals surface area (Å²) in [5, 5.41) is 3.20. The van der Waals surface area contributed by atoms with Crippen LogP contribution in [0.15, 0.2) is 17.3 Å². The van der Waals surface area contributed by atoms with Crippen molar-refractivity contribution in [3.63, 3.8) is 0 Å². The molecule has 1 aromatic heterocycles. The average Bonchev–Trinajstić information content (AvgIpc) is 2.54. The van der Waals surface area contributed by atoms with Crippen molar-refractivity contribution in [2.75, 3.05) is 33.2 Å². The Labute approximate surface area is 139 Å². The minimum atomic E-state index is -4.19. The van der Waals surface area contributed by atoms with Crippen LogP contribution in [0.3, 0.4) is 0 Å². The van der Waals surface area contributed by atoms with Crippen LogP contribution >= 0.6 is 0 Å². The molecule has 0 amide bonds. The summed E-state index contributed by atoms with van der Waals surface area (Å²) < 4.78 is 38.4. The maximum Gasteiger partial charge on any atom is 0.403 e. The van der Waals surface area contributed by atoms with Gasteiger partial charge < -0.3 is 10.2 Å². The van der Waals surface area contributed by atoms with E-state index in [9.17, 15) is 13.2 Å². The van der Waals surface area contributed by atoms with Crippen LogP contribution in [-0.2, 0) is 6.54 Å². The van der Waals surface area contributed by atoms with E-state index in [1.54, 1.807) is 13.2 Å². The second-order valence-corrected chi connectivity index (χ2v) is 5.74. The first-order valence-corrected chi connectivity index (χ1v) is 7.86. The largest absolute Gasteiger partial charge is 0.403 e. The van der Waals surface area contributed by atoms with Crippen molar-refractivity contribution in [1.29, 1.82) is 0 Å². The molecule has 0 saturated carbocycles. The summed E-state index contributed by atoms with van der Waals surface area (Å²) in [4.78, 5) is 16.0. The van der Waals surface area contributed by atoms with Crippen LogP contribution in [-0.4, -0.2) is 71.2 Å². The number of guanidine groups is 1. The molecule has 1 aliphatic heterocycles. The van der Waals surface area contributed by atoms with Gasteiger partial charge in [-0.1, -0.05) is 0 Å². The van der Waals surface area contributed by atoms with E-state index >= 15 is 0 Å². The molecule has 134 valence electrons. The molecule has 9 heteroatoms. The lowest BCUT2D eigenvalue weighted by Crippen LogP contribution is -2.56. The highest BCUT2D eigenvalue weighted by Gasteiger charge is 2.41. The Balaban J connectivity index is 1.87. The molecule has 0 bridgehead atoms. The van der Waals surface area contributed by atoms with Gasteiger partial charge in [0.05, 0.1) is 12.2 Å². The van der Waals surface area contributed by atoms with E-state index in [1.807, 2.05) is 17.9 Å². The van der Waals surface area contributed by atoms with Crippen LogP contribution in [0, 0.1) is 6.92 Å². The Morgan fingerprint density at radius 3 is 2.54 bits per heavy atom. The fourth-order valence-corrected chi connectivity index (χ4v) is 2.63. The van der Waals surface area contributed by atoms with Gasteiger partial charge in [-0.05, 0) is 19.9 Å². The van der Waals surface area contributed by atoms with Gasteiger partial charge >= 0.3 is 6.18 Å². The first-order valence-electron chi connectivity index (χ1n) is 7.86. The van der Waals surface area contributed by atoms with Crippen molar-refractivity contribution < 1.29 is 13.2 Å². The summed E-state index contributed by atoms with van der Waals surface area (Å²) in [7, 11) is 1.66. The van der Waals surface area contributed by atoms with E-state index < -0.39 is 12.2 Å². The molecule has 1 unspecified atom stereocenters. The van der Waals surface area contributed by atoms with Crippen LogP contribution in [0.4, 0.5) is 13.2 Å². The normalized spacial score (nSPS) is 18.6. The summed E-state index contributed by atoms with van der Waals surface area (Å²) in [5.41, 5.74) is 0.841. The summed E-state index contributed by atoms with van der Waals surface area (Å²) in [6.45, 7) is 5.24. The zero-order valence-electron chi connectivity index (χ0n) is 14.1. The van der Waals surface area contributed by atoms with E-state index in [2.05, 4.69) is 20.3 Å². The van der Waals surface area contributed by atoms with Crippen molar-refractivity contribution in [2.45, 2.75) is 32.6 Å². The second-order valence-electron chi connectivity index (χ2n) is 5.74. The standard InChI is InChI=1S/C15H23F3N6/c1-11(15(16,17)18)23-6-8-24(9-7-23)14(19-3)21-10-13-4-5-20-12(2)22-13/h4-5,11H,6-10H2,1-3H3,(H,19,21). The fraction of sp³-hybridized carbons (Fsp3) is 0.667. The number of alkyl halides is 3. The Morgan fingerprint density at radius 2 is 2.00 bits per heavy atom. The number of aliphatic imine (C=N–C) groups is 1. The minimum absolute atomic E-state index is 0.355. The van der Waals surface area contributed by atoms with Gasteiger partial charge in [-0.15, -0.1) is 0 Å². The van der Waals surface area contributed by atoms with Gasteiger partial charge in [-0.25, -0.2) is 9.97 Å². The van der Waals surface area contributed by atoms with Crippen molar-refractivity contribution in [3.8, 4) is 0 Å². The van der Waals surface area contributed by atoms with Crippen molar-refractivity contribution >= 4 is 5.96 Å². The minimum Gasteiger partial charge on any atom is -0.351 e. The number of piperazine rings is 1. The maximum absolute atomic E-state index is 12.8. The van der Waals surface area contributed by atoms with Crippen molar-refractivity contribution in [1.82, 2.24) is 25.1 Å². The Hall–Kier alpha value is -1.90. The highest BCUT2D eigenvalue weighted by molar-refractivity contribution is 5.79. The van der Waals surface area contributed by atoms with Crippen LogP contribution in [0.2, 0.25) is 0 Å². The lowest BCUT2D eigenvalue weighted by molar-refractivity contribution is -0.181. The molecule has 0 spiro atoms. The van der Waals surface area contributed by atoms with Crippen LogP contribution < -0.4 is 5.32 Å². The number of hydrogen-bond acceptors (Lipinski definition) is 4. The van der Waals surface area contributed by atoms with Crippen LogP contribution in [0.5, 0.6) is 0 Å². The molecule has 2 heterocycles. The molecule has 1 aliphatic rings. The SMILES string of the molecule is CN=C(NCc1ccnc(C)n1)N1CCN(C(C)C(F)(F)F)CC1.